The molecule has 0 amide bonds. The van der Waals surface area contributed by atoms with E-state index in [-0.39, 0.29) is 0 Å². The Morgan fingerprint density at radius 1 is 1.06 bits per heavy atom. The van der Waals surface area contributed by atoms with E-state index in [4.69, 9.17) is 5.11 Å². The number of fused-ring (bicyclic) bond motifs is 1. The van der Waals surface area contributed by atoms with Crippen LogP contribution >= 0.6 is 0 Å². The number of carboxylic acid groups (broad SMARTS) is 1. The number of aromatic carboxylic acids is 1. The van der Waals surface area contributed by atoms with Crippen LogP contribution in [0.2, 0.25) is 0 Å². The van der Waals surface area contributed by atoms with Crippen molar-refractivity contribution in [1.29, 1.82) is 0 Å². The molecule has 0 bridgehead atoms. The van der Waals surface area contributed by atoms with Gasteiger partial charge in [0.05, 0.1) is 5.56 Å². The lowest BCUT2D eigenvalue weighted by Crippen LogP contribution is -2.00. The zero-order valence-electron chi connectivity index (χ0n) is 9.66. The topological polar surface area (TPSA) is 37.3 Å². The average Bonchev–Trinajstić information content (AvgIpc) is 2.23. The maximum absolute atomic E-state index is 11.0. The normalized spacial score (nSPS) is 10.7. The molecule has 2 aromatic rings. The summed E-state index contributed by atoms with van der Waals surface area (Å²) in [6.45, 7) is 5.97. The molecule has 0 unspecified atom stereocenters. The van der Waals surface area contributed by atoms with Gasteiger partial charge in [0.15, 0.2) is 0 Å². The van der Waals surface area contributed by atoms with E-state index in [0.717, 1.165) is 16.3 Å². The van der Waals surface area contributed by atoms with Crippen molar-refractivity contribution < 1.29 is 9.90 Å². The minimum absolute atomic E-state index is 0.385. The molecule has 0 spiro atoms. The molecular formula is C14H14O2. The SMILES string of the molecule is Cc1cc2c(C)c(C)ccc2cc1C(=O)O. The molecule has 2 aromatic carbocycles. The molecule has 0 heterocycles. The van der Waals surface area contributed by atoms with Crippen LogP contribution in [-0.2, 0) is 0 Å². The highest BCUT2D eigenvalue weighted by Gasteiger charge is 2.09. The highest BCUT2D eigenvalue weighted by atomic mass is 16.4. The summed E-state index contributed by atoms with van der Waals surface area (Å²) in [5.41, 5.74) is 3.65. The molecule has 0 radical (unpaired) electrons. The molecule has 82 valence electrons. The van der Waals surface area contributed by atoms with Crippen LogP contribution < -0.4 is 0 Å². The molecule has 16 heavy (non-hydrogen) atoms. The summed E-state index contributed by atoms with van der Waals surface area (Å²) < 4.78 is 0. The Labute approximate surface area is 94.5 Å². The van der Waals surface area contributed by atoms with Crippen molar-refractivity contribution in [1.82, 2.24) is 0 Å². The molecule has 0 saturated heterocycles. The molecule has 0 saturated carbocycles. The number of hydrogen-bond donors (Lipinski definition) is 1. The average molecular weight is 214 g/mol. The van der Waals surface area contributed by atoms with Gasteiger partial charge in [-0.05, 0) is 54.3 Å². The maximum Gasteiger partial charge on any atom is 0.335 e. The number of benzene rings is 2. The number of carboxylic acids is 1. The van der Waals surface area contributed by atoms with Crippen molar-refractivity contribution in [3.63, 3.8) is 0 Å². The molecular weight excluding hydrogens is 200 g/mol. The molecule has 2 heteroatoms. The third-order valence-corrected chi connectivity index (χ3v) is 3.14. The first-order valence-electron chi connectivity index (χ1n) is 5.24. The molecule has 0 aliphatic carbocycles. The summed E-state index contributed by atoms with van der Waals surface area (Å²) >= 11 is 0. The fraction of sp³-hybridized carbons (Fsp3) is 0.214. The van der Waals surface area contributed by atoms with Crippen LogP contribution in [0.5, 0.6) is 0 Å². The molecule has 0 aliphatic rings. The van der Waals surface area contributed by atoms with E-state index < -0.39 is 5.97 Å². The second kappa shape index (κ2) is 3.63. The van der Waals surface area contributed by atoms with Crippen molar-refractivity contribution >= 4 is 16.7 Å². The number of rotatable bonds is 1. The highest BCUT2D eigenvalue weighted by Crippen LogP contribution is 2.25. The van der Waals surface area contributed by atoms with Crippen LogP contribution in [0.1, 0.15) is 27.0 Å². The van der Waals surface area contributed by atoms with Crippen molar-refractivity contribution in [3.8, 4) is 0 Å². The lowest BCUT2D eigenvalue weighted by molar-refractivity contribution is 0.0696. The van der Waals surface area contributed by atoms with E-state index in [1.54, 1.807) is 6.07 Å². The molecule has 0 aliphatic heterocycles. The van der Waals surface area contributed by atoms with Crippen LogP contribution in [0.4, 0.5) is 0 Å². The van der Waals surface area contributed by atoms with Crippen molar-refractivity contribution in [2.45, 2.75) is 20.8 Å². The van der Waals surface area contributed by atoms with Crippen molar-refractivity contribution in [3.05, 3.63) is 46.5 Å². The van der Waals surface area contributed by atoms with Crippen LogP contribution in [-0.4, -0.2) is 11.1 Å². The monoisotopic (exact) mass is 214 g/mol. The quantitative estimate of drug-likeness (QED) is 0.789. The van der Waals surface area contributed by atoms with Gasteiger partial charge < -0.3 is 5.11 Å². The van der Waals surface area contributed by atoms with Gasteiger partial charge in [-0.25, -0.2) is 4.79 Å². The predicted molar refractivity (Wildman–Crippen MR) is 65.1 cm³/mol. The fourth-order valence-electron chi connectivity index (χ4n) is 1.97. The highest BCUT2D eigenvalue weighted by molar-refractivity contribution is 5.97. The van der Waals surface area contributed by atoms with Crippen molar-refractivity contribution in [2.24, 2.45) is 0 Å². The van der Waals surface area contributed by atoms with E-state index in [1.807, 2.05) is 25.1 Å². The lowest BCUT2D eigenvalue weighted by atomic mass is 9.96. The van der Waals surface area contributed by atoms with Gasteiger partial charge in [-0.15, -0.1) is 0 Å². The smallest absolute Gasteiger partial charge is 0.335 e. The Balaban J connectivity index is 2.84. The number of hydrogen-bond acceptors (Lipinski definition) is 1. The van der Waals surface area contributed by atoms with Crippen LogP contribution in [0.15, 0.2) is 24.3 Å². The molecule has 1 N–H and O–H groups in total. The number of carbonyl (C=O) groups is 1. The standard InChI is InChI=1S/C14H14O2/c1-8-4-5-11-7-12(14(15)16)9(2)6-13(11)10(8)3/h4-7H,1-3H3,(H,15,16). The van der Waals surface area contributed by atoms with Gasteiger partial charge in [-0.2, -0.15) is 0 Å². The third kappa shape index (κ3) is 1.56. The molecule has 2 nitrogen and oxygen atoms in total. The van der Waals surface area contributed by atoms with Gasteiger partial charge in [0.1, 0.15) is 0 Å². The summed E-state index contributed by atoms with van der Waals surface area (Å²) in [6.07, 6.45) is 0. The van der Waals surface area contributed by atoms with E-state index in [1.165, 1.54) is 11.1 Å². The predicted octanol–water partition coefficient (Wildman–Crippen LogP) is 3.46. The summed E-state index contributed by atoms with van der Waals surface area (Å²) in [5.74, 6) is -0.863. The van der Waals surface area contributed by atoms with Gasteiger partial charge in [0.25, 0.3) is 0 Å². The van der Waals surface area contributed by atoms with Gasteiger partial charge in [0.2, 0.25) is 0 Å². The van der Waals surface area contributed by atoms with Crippen LogP contribution in [0, 0.1) is 20.8 Å². The van der Waals surface area contributed by atoms with Crippen LogP contribution in [0.3, 0.4) is 0 Å². The first-order valence-corrected chi connectivity index (χ1v) is 5.24. The Hall–Kier alpha value is -1.83. The minimum Gasteiger partial charge on any atom is -0.478 e. The first-order chi connectivity index (χ1) is 7.50. The zero-order valence-corrected chi connectivity index (χ0v) is 9.66. The Morgan fingerprint density at radius 3 is 2.38 bits per heavy atom. The molecule has 0 atom stereocenters. The van der Waals surface area contributed by atoms with E-state index in [9.17, 15) is 4.79 Å². The Kier molecular flexibility index (Phi) is 2.43. The van der Waals surface area contributed by atoms with Crippen molar-refractivity contribution in [2.75, 3.05) is 0 Å². The maximum atomic E-state index is 11.0. The van der Waals surface area contributed by atoms with Crippen LogP contribution in [0.25, 0.3) is 10.8 Å². The molecule has 0 aromatic heterocycles. The summed E-state index contributed by atoms with van der Waals surface area (Å²) in [4.78, 5) is 11.0. The van der Waals surface area contributed by atoms with E-state index >= 15 is 0 Å². The first kappa shape index (κ1) is 10.7. The van der Waals surface area contributed by atoms with Gasteiger partial charge in [-0.1, -0.05) is 18.2 Å². The van der Waals surface area contributed by atoms with E-state index in [2.05, 4.69) is 13.8 Å². The summed E-state index contributed by atoms with van der Waals surface area (Å²) in [6, 6.07) is 7.71. The third-order valence-electron chi connectivity index (χ3n) is 3.14. The summed E-state index contributed by atoms with van der Waals surface area (Å²) in [7, 11) is 0. The zero-order chi connectivity index (χ0) is 11.9. The Bertz CT molecular complexity index is 583. The second-order valence-corrected chi connectivity index (χ2v) is 4.20. The van der Waals surface area contributed by atoms with Gasteiger partial charge >= 0.3 is 5.97 Å². The summed E-state index contributed by atoms with van der Waals surface area (Å²) in [5, 5.41) is 11.2. The minimum atomic E-state index is -0.863. The Morgan fingerprint density at radius 2 is 1.75 bits per heavy atom. The molecule has 0 fully saturated rings. The molecule has 2 rings (SSSR count). The lowest BCUT2D eigenvalue weighted by Gasteiger charge is -2.09. The van der Waals surface area contributed by atoms with E-state index in [0.29, 0.717) is 5.56 Å². The van der Waals surface area contributed by atoms with Gasteiger partial charge in [0, 0.05) is 0 Å². The second-order valence-electron chi connectivity index (χ2n) is 4.20. The fourth-order valence-corrected chi connectivity index (χ4v) is 1.97. The number of aryl methyl sites for hydroxylation is 3. The largest absolute Gasteiger partial charge is 0.478 e. The van der Waals surface area contributed by atoms with Gasteiger partial charge in [-0.3, -0.25) is 0 Å².